The van der Waals surface area contributed by atoms with Gasteiger partial charge in [-0.25, -0.2) is 9.59 Å². The topological polar surface area (TPSA) is 236 Å². The first kappa shape index (κ1) is 37.7. The molecule has 0 amide bonds. The van der Waals surface area contributed by atoms with Crippen LogP contribution in [0.5, 0.6) is 0 Å². The summed E-state index contributed by atoms with van der Waals surface area (Å²) >= 11 is 0. The van der Waals surface area contributed by atoms with Crippen LogP contribution in [0.15, 0.2) is 59.1 Å². The van der Waals surface area contributed by atoms with Gasteiger partial charge in [-0.3, -0.25) is 0 Å². The average Bonchev–Trinajstić information content (AvgIpc) is 3.08. The van der Waals surface area contributed by atoms with Gasteiger partial charge in [0.15, 0.2) is 6.29 Å². The summed E-state index contributed by atoms with van der Waals surface area (Å²) in [6.07, 6.45) is 4.04. The Balaban J connectivity index is 1.72. The van der Waals surface area contributed by atoms with Crippen LogP contribution in [-0.4, -0.2) is 140 Å². The van der Waals surface area contributed by atoms with Gasteiger partial charge in [0.25, 0.3) is 0 Å². The molecule has 1 saturated heterocycles. The fourth-order valence-electron chi connectivity index (χ4n) is 6.09. The number of carbonyl (C=O) groups excluding carboxylic acids is 1. The van der Waals surface area contributed by atoms with Gasteiger partial charge in [-0.1, -0.05) is 30.2 Å². The number of aliphatic carboxylic acids is 1. The van der Waals surface area contributed by atoms with E-state index in [9.17, 15) is 45.3 Å². The first-order valence-corrected chi connectivity index (χ1v) is 16.2. The van der Waals surface area contributed by atoms with Crippen molar-refractivity contribution in [1.29, 1.82) is 0 Å². The number of carboxylic acid groups (broad SMARTS) is 1. The molecule has 0 radical (unpaired) electrons. The number of ether oxygens (including phenoxy) is 4. The maximum absolute atomic E-state index is 13.5. The number of aliphatic hydroxyl groups excluding tert-OH is 7. The highest BCUT2D eigenvalue weighted by atomic mass is 16.8. The zero-order valence-electron chi connectivity index (χ0n) is 26.6. The van der Waals surface area contributed by atoms with Gasteiger partial charge in [-0.2, -0.15) is 0 Å². The van der Waals surface area contributed by atoms with Crippen LogP contribution in [-0.2, 0) is 28.5 Å². The van der Waals surface area contributed by atoms with Crippen molar-refractivity contribution in [2.24, 2.45) is 11.8 Å². The van der Waals surface area contributed by atoms with Gasteiger partial charge < -0.3 is 64.7 Å². The SMILES string of the molecule is O=C(O)C1=CC(C=CC2C(C(=O)OCCC(O)CO)=COC(OC3OC(CO)C(O)C(O)C3O)C2C=C2CCCCC2)=CN(CCO)C1. The lowest BCUT2D eigenvalue weighted by atomic mass is 9.80. The molecule has 4 rings (SSSR count). The lowest BCUT2D eigenvalue weighted by Gasteiger charge is -2.43. The van der Waals surface area contributed by atoms with Crippen molar-refractivity contribution in [3.8, 4) is 0 Å². The molecule has 48 heavy (non-hydrogen) atoms. The molecule has 9 unspecified atom stereocenters. The third-order valence-corrected chi connectivity index (χ3v) is 8.79. The normalized spacial score (nSPS) is 31.8. The highest BCUT2D eigenvalue weighted by Crippen LogP contribution is 2.39. The smallest absolute Gasteiger partial charge is 0.337 e. The van der Waals surface area contributed by atoms with E-state index in [1.165, 1.54) is 6.08 Å². The Hall–Kier alpha value is -3.12. The molecule has 3 heterocycles. The molecule has 1 aliphatic carbocycles. The lowest BCUT2D eigenvalue weighted by molar-refractivity contribution is -0.338. The predicted molar refractivity (Wildman–Crippen MR) is 166 cm³/mol. The van der Waals surface area contributed by atoms with Crippen LogP contribution in [0.2, 0.25) is 0 Å². The molecule has 0 aromatic heterocycles. The number of allylic oxidation sites excluding steroid dienone is 5. The molecule has 268 valence electrons. The van der Waals surface area contributed by atoms with Gasteiger partial charge in [0.1, 0.15) is 24.4 Å². The second-order valence-corrected chi connectivity index (χ2v) is 12.3. The van der Waals surface area contributed by atoms with Crippen LogP contribution in [0, 0.1) is 11.8 Å². The highest BCUT2D eigenvalue weighted by molar-refractivity contribution is 5.90. The van der Waals surface area contributed by atoms with Crippen LogP contribution in [0.4, 0.5) is 0 Å². The molecular formula is C33H47NO14. The third kappa shape index (κ3) is 9.74. The predicted octanol–water partition coefficient (Wildman–Crippen LogP) is -0.788. The summed E-state index contributed by atoms with van der Waals surface area (Å²) in [7, 11) is 0. The molecule has 15 heteroatoms. The summed E-state index contributed by atoms with van der Waals surface area (Å²) in [6.45, 7) is -1.28. The number of carboxylic acids is 1. The number of nitrogens with zero attached hydrogens (tertiary/aromatic N) is 1. The molecule has 4 aliphatic rings. The van der Waals surface area contributed by atoms with E-state index in [1.54, 1.807) is 23.3 Å². The summed E-state index contributed by atoms with van der Waals surface area (Å²) in [5.74, 6) is -3.45. The summed E-state index contributed by atoms with van der Waals surface area (Å²) in [5, 5.41) is 79.0. The number of aliphatic hydroxyl groups is 7. The van der Waals surface area contributed by atoms with Gasteiger partial charge in [-0.05, 0) is 37.3 Å². The largest absolute Gasteiger partial charge is 0.478 e. The van der Waals surface area contributed by atoms with E-state index in [1.807, 2.05) is 6.08 Å². The third-order valence-electron chi connectivity index (χ3n) is 8.79. The molecule has 15 nitrogen and oxygen atoms in total. The highest BCUT2D eigenvalue weighted by Gasteiger charge is 2.47. The molecule has 1 saturated carbocycles. The van der Waals surface area contributed by atoms with E-state index in [4.69, 9.17) is 24.1 Å². The minimum Gasteiger partial charge on any atom is -0.478 e. The zero-order chi connectivity index (χ0) is 34.8. The van der Waals surface area contributed by atoms with Crippen LogP contribution in [0.3, 0.4) is 0 Å². The summed E-state index contributed by atoms with van der Waals surface area (Å²) in [5.41, 5.74) is 1.73. The van der Waals surface area contributed by atoms with Crippen LogP contribution >= 0.6 is 0 Å². The molecule has 9 atom stereocenters. The van der Waals surface area contributed by atoms with Gasteiger partial charge in [0, 0.05) is 31.6 Å². The zero-order valence-corrected chi connectivity index (χ0v) is 26.6. The van der Waals surface area contributed by atoms with Crippen molar-refractivity contribution in [2.45, 2.75) is 81.6 Å². The minimum absolute atomic E-state index is 0.0104. The first-order valence-electron chi connectivity index (χ1n) is 16.2. The molecule has 0 bridgehead atoms. The number of β-amino-alcohol motifs (C(OH)–C–C–N with tert-alkyl or cyclic N) is 1. The minimum atomic E-state index is -1.71. The van der Waals surface area contributed by atoms with Crippen molar-refractivity contribution >= 4 is 11.9 Å². The van der Waals surface area contributed by atoms with Crippen molar-refractivity contribution in [1.82, 2.24) is 4.90 Å². The monoisotopic (exact) mass is 681 g/mol. The first-order chi connectivity index (χ1) is 23.1. The molecule has 8 N–H and O–H groups in total. The fourth-order valence-corrected chi connectivity index (χ4v) is 6.09. The Morgan fingerprint density at radius 1 is 1.04 bits per heavy atom. The maximum Gasteiger partial charge on any atom is 0.337 e. The second kappa shape index (κ2) is 18.0. The van der Waals surface area contributed by atoms with Crippen molar-refractivity contribution in [3.05, 3.63) is 59.1 Å². The van der Waals surface area contributed by atoms with Crippen LogP contribution in [0.25, 0.3) is 0 Å². The molecule has 0 aromatic rings. The van der Waals surface area contributed by atoms with E-state index in [-0.39, 0.29) is 43.9 Å². The fraction of sp³-hybridized carbons (Fsp3) is 0.636. The van der Waals surface area contributed by atoms with Crippen molar-refractivity contribution in [2.75, 3.05) is 39.5 Å². The Bertz CT molecular complexity index is 1250. The molecule has 0 spiro atoms. The molecule has 0 aromatic carbocycles. The van der Waals surface area contributed by atoms with Crippen molar-refractivity contribution < 1.29 is 69.4 Å². The quantitative estimate of drug-likeness (QED) is 0.0829. The van der Waals surface area contributed by atoms with E-state index in [0.29, 0.717) is 5.57 Å². The van der Waals surface area contributed by atoms with Gasteiger partial charge in [-0.15, -0.1) is 0 Å². The van der Waals surface area contributed by atoms with E-state index < -0.39 is 80.1 Å². The average molecular weight is 682 g/mol. The summed E-state index contributed by atoms with van der Waals surface area (Å²) in [6, 6.07) is 0. The van der Waals surface area contributed by atoms with Gasteiger partial charge in [0.05, 0.1) is 55.9 Å². The van der Waals surface area contributed by atoms with E-state index in [0.717, 1.165) is 43.9 Å². The summed E-state index contributed by atoms with van der Waals surface area (Å²) < 4.78 is 23.0. The van der Waals surface area contributed by atoms with Gasteiger partial charge >= 0.3 is 11.9 Å². The lowest BCUT2D eigenvalue weighted by Crippen LogP contribution is -2.60. The number of esters is 1. The number of hydrogen-bond donors (Lipinski definition) is 8. The maximum atomic E-state index is 13.5. The molecule has 3 aliphatic heterocycles. The standard InChI is InChI=1S/C33H47NO14/c35-10-9-34-14-20(12-21(15-34)30(42)43)6-7-23-24(13-19-4-2-1-3-5-19)32(46-18-25(23)31(44)45-11-8-22(38)16-36)48-33-29(41)28(40)27(39)26(17-37)47-33/h6-7,12-14,18,22-24,26-29,32-33,35-41H,1-5,8-11,15-17H2,(H,42,43). The number of carbonyl (C=O) groups is 2. The Labute approximate surface area is 278 Å². The molecule has 2 fully saturated rings. The van der Waals surface area contributed by atoms with E-state index in [2.05, 4.69) is 0 Å². The van der Waals surface area contributed by atoms with E-state index >= 15 is 0 Å². The second-order valence-electron chi connectivity index (χ2n) is 12.3. The summed E-state index contributed by atoms with van der Waals surface area (Å²) in [4.78, 5) is 27.0. The van der Waals surface area contributed by atoms with Gasteiger partial charge in [0.2, 0.25) is 6.29 Å². The Morgan fingerprint density at radius 2 is 1.79 bits per heavy atom. The number of hydrogen-bond acceptors (Lipinski definition) is 14. The van der Waals surface area contributed by atoms with Crippen molar-refractivity contribution in [3.63, 3.8) is 0 Å². The molecular weight excluding hydrogens is 634 g/mol. The Kier molecular flexibility index (Phi) is 14.2. The van der Waals surface area contributed by atoms with Crippen LogP contribution < -0.4 is 0 Å². The number of rotatable bonds is 14. The van der Waals surface area contributed by atoms with Crippen LogP contribution in [0.1, 0.15) is 38.5 Å². The Morgan fingerprint density at radius 3 is 2.46 bits per heavy atom.